The number of fused-ring (bicyclic) bond motifs is 1. The minimum Gasteiger partial charge on any atom is -0.396 e. The second kappa shape index (κ2) is 13.5. The fraction of sp³-hybridized carbons (Fsp3) is 0.472. The molecule has 0 aromatic heterocycles. The van der Waals surface area contributed by atoms with Crippen LogP contribution in [0.15, 0.2) is 73.8 Å². The largest absolute Gasteiger partial charge is 0.396 e. The van der Waals surface area contributed by atoms with Gasteiger partial charge in [-0.1, -0.05) is 54.6 Å². The Hall–Kier alpha value is -3.75. The number of carbonyl (C=O) groups is 3. The van der Waals surface area contributed by atoms with E-state index in [1.807, 2.05) is 62.4 Å². The van der Waals surface area contributed by atoms with Crippen molar-refractivity contribution in [2.75, 3.05) is 31.1 Å². The zero-order valence-electron chi connectivity index (χ0n) is 26.0. The zero-order chi connectivity index (χ0) is 31.4. The number of unbranched alkanes of at least 4 members (excludes halogenated alkanes) is 2. The van der Waals surface area contributed by atoms with Gasteiger partial charge in [-0.15, -0.1) is 13.2 Å². The van der Waals surface area contributed by atoms with Crippen LogP contribution in [0.25, 0.3) is 0 Å². The topological polar surface area (TPSA) is 90.4 Å². The molecule has 2 aromatic rings. The predicted octanol–water partition coefficient (Wildman–Crippen LogP) is 4.57. The summed E-state index contributed by atoms with van der Waals surface area (Å²) in [7, 11) is 0. The van der Waals surface area contributed by atoms with Crippen LogP contribution in [0.3, 0.4) is 0 Å². The smallest absolute Gasteiger partial charge is 0.253 e. The first-order valence-electron chi connectivity index (χ1n) is 15.8. The third-order valence-electron chi connectivity index (χ3n) is 9.49. The van der Waals surface area contributed by atoms with E-state index in [0.717, 1.165) is 28.8 Å². The number of aliphatic hydroxyl groups excluding tert-OH is 1. The highest BCUT2D eigenvalue weighted by atomic mass is 16.5. The number of hydrogen-bond acceptors (Lipinski definition) is 5. The van der Waals surface area contributed by atoms with Crippen LogP contribution in [0.1, 0.15) is 48.8 Å². The summed E-state index contributed by atoms with van der Waals surface area (Å²) >= 11 is 0. The first-order valence-corrected chi connectivity index (χ1v) is 15.8. The standard InChI is InChI=1S/C36H45N3O5/c1-5-19-37(24-27-13-9-7-10-14-27)33(41)30-29-17-18-36(44-29)31(30)34(42)39(21-11-8-12-22-40)32(36)35(43)38(20-6-2)28-23-25(3)15-16-26(28)4/h5-7,9-10,13-16,23,29-32,40H,1-2,8,11-12,17-22,24H2,3-4H3/t29-,30+,31-,32?,36?/m0/s1. The first-order chi connectivity index (χ1) is 21.3. The van der Waals surface area contributed by atoms with Crippen LogP contribution in [0.4, 0.5) is 5.69 Å². The molecule has 3 aliphatic heterocycles. The van der Waals surface area contributed by atoms with Crippen LogP contribution >= 0.6 is 0 Å². The monoisotopic (exact) mass is 599 g/mol. The van der Waals surface area contributed by atoms with Crippen molar-refractivity contribution in [2.45, 2.75) is 70.2 Å². The number of aliphatic hydroxyl groups is 1. The molecule has 2 bridgehead atoms. The van der Waals surface area contributed by atoms with E-state index in [-0.39, 0.29) is 30.9 Å². The van der Waals surface area contributed by atoms with Gasteiger partial charge in [-0.25, -0.2) is 0 Å². The summed E-state index contributed by atoms with van der Waals surface area (Å²) in [4.78, 5) is 48.7. The Morgan fingerprint density at radius 2 is 1.80 bits per heavy atom. The first kappa shape index (κ1) is 31.7. The number of anilines is 1. The van der Waals surface area contributed by atoms with Crippen LogP contribution in [0, 0.1) is 25.7 Å². The molecular weight excluding hydrogens is 554 g/mol. The van der Waals surface area contributed by atoms with Crippen LogP contribution in [-0.4, -0.2) is 76.6 Å². The van der Waals surface area contributed by atoms with Gasteiger partial charge in [0.25, 0.3) is 5.91 Å². The Morgan fingerprint density at radius 1 is 1.05 bits per heavy atom. The molecule has 5 rings (SSSR count). The van der Waals surface area contributed by atoms with E-state index in [2.05, 4.69) is 13.2 Å². The summed E-state index contributed by atoms with van der Waals surface area (Å²) in [6, 6.07) is 14.9. The van der Waals surface area contributed by atoms with E-state index in [0.29, 0.717) is 45.3 Å². The van der Waals surface area contributed by atoms with Gasteiger partial charge in [-0.05, 0) is 68.7 Å². The molecule has 3 heterocycles. The Kier molecular flexibility index (Phi) is 9.71. The Morgan fingerprint density at radius 3 is 2.50 bits per heavy atom. The van der Waals surface area contributed by atoms with Gasteiger partial charge in [-0.3, -0.25) is 14.4 Å². The molecule has 5 atom stereocenters. The quantitative estimate of drug-likeness (QED) is 0.254. The van der Waals surface area contributed by atoms with Gasteiger partial charge in [0.05, 0.1) is 17.9 Å². The highest BCUT2D eigenvalue weighted by Crippen LogP contribution is 2.59. The summed E-state index contributed by atoms with van der Waals surface area (Å²) in [5.41, 5.74) is 2.66. The number of benzene rings is 2. The molecule has 234 valence electrons. The van der Waals surface area contributed by atoms with Crippen molar-refractivity contribution in [1.29, 1.82) is 0 Å². The molecule has 3 saturated heterocycles. The van der Waals surface area contributed by atoms with Crippen molar-refractivity contribution in [3.05, 3.63) is 90.5 Å². The lowest BCUT2D eigenvalue weighted by Gasteiger charge is -2.37. The third kappa shape index (κ3) is 5.73. The molecule has 3 fully saturated rings. The summed E-state index contributed by atoms with van der Waals surface area (Å²) in [5.74, 6) is -1.95. The summed E-state index contributed by atoms with van der Waals surface area (Å²) in [5, 5.41) is 9.35. The average molecular weight is 600 g/mol. The number of aryl methyl sites for hydroxylation is 2. The predicted molar refractivity (Wildman–Crippen MR) is 171 cm³/mol. The average Bonchev–Trinajstić information content (AvgIpc) is 3.66. The molecule has 0 aliphatic carbocycles. The fourth-order valence-electron chi connectivity index (χ4n) is 7.52. The molecule has 8 heteroatoms. The van der Waals surface area contributed by atoms with Crippen LogP contribution in [0.5, 0.6) is 0 Å². The minimum atomic E-state index is -1.08. The zero-order valence-corrected chi connectivity index (χ0v) is 26.0. The molecule has 1 spiro atoms. The van der Waals surface area contributed by atoms with Gasteiger partial charge in [0.1, 0.15) is 11.6 Å². The molecular formula is C36H45N3O5. The van der Waals surface area contributed by atoms with Crippen molar-refractivity contribution in [1.82, 2.24) is 9.80 Å². The lowest BCUT2D eigenvalue weighted by molar-refractivity contribution is -0.145. The van der Waals surface area contributed by atoms with E-state index in [1.54, 1.807) is 26.9 Å². The van der Waals surface area contributed by atoms with Crippen molar-refractivity contribution < 1.29 is 24.2 Å². The van der Waals surface area contributed by atoms with Crippen LogP contribution in [0.2, 0.25) is 0 Å². The fourth-order valence-corrected chi connectivity index (χ4v) is 7.52. The summed E-state index contributed by atoms with van der Waals surface area (Å²) < 4.78 is 6.73. The van der Waals surface area contributed by atoms with Gasteiger partial charge >= 0.3 is 0 Å². The third-order valence-corrected chi connectivity index (χ3v) is 9.49. The van der Waals surface area contributed by atoms with Gasteiger partial charge in [-0.2, -0.15) is 0 Å². The Labute approximate surface area is 261 Å². The molecule has 3 aliphatic rings. The maximum Gasteiger partial charge on any atom is 0.253 e. The van der Waals surface area contributed by atoms with Gasteiger partial charge in [0.2, 0.25) is 11.8 Å². The van der Waals surface area contributed by atoms with Crippen molar-refractivity contribution in [2.24, 2.45) is 11.8 Å². The van der Waals surface area contributed by atoms with E-state index in [1.165, 1.54) is 0 Å². The number of carbonyl (C=O) groups excluding carboxylic acids is 3. The summed E-state index contributed by atoms with van der Waals surface area (Å²) in [6.45, 7) is 13.2. The van der Waals surface area contributed by atoms with Gasteiger partial charge in [0, 0.05) is 38.5 Å². The van der Waals surface area contributed by atoms with E-state index in [4.69, 9.17) is 4.74 Å². The molecule has 2 unspecified atom stereocenters. The van der Waals surface area contributed by atoms with E-state index in [9.17, 15) is 19.5 Å². The molecule has 3 amide bonds. The Bertz CT molecular complexity index is 1390. The Balaban J connectivity index is 1.52. The van der Waals surface area contributed by atoms with Crippen molar-refractivity contribution in [3.8, 4) is 0 Å². The number of rotatable bonds is 14. The highest BCUT2D eigenvalue weighted by molar-refractivity contribution is 6.05. The molecule has 0 radical (unpaired) electrons. The molecule has 0 saturated carbocycles. The number of likely N-dealkylation sites (tertiary alicyclic amines) is 1. The number of amides is 3. The summed E-state index contributed by atoms with van der Waals surface area (Å²) in [6.07, 6.45) is 6.11. The van der Waals surface area contributed by atoms with Crippen LogP contribution < -0.4 is 4.90 Å². The van der Waals surface area contributed by atoms with Crippen molar-refractivity contribution >= 4 is 23.4 Å². The SMILES string of the molecule is C=CCN(Cc1ccccc1)C(=O)[C@@H]1[C@@H]2CCC3(O2)C(C(=O)N(CC=C)c2cc(C)ccc2C)N(CCCCCO)C(=O)[C@H]13. The molecule has 8 nitrogen and oxygen atoms in total. The normalized spacial score (nSPS) is 25.2. The molecule has 1 N–H and O–H groups in total. The second-order valence-corrected chi connectivity index (χ2v) is 12.4. The lowest BCUT2D eigenvalue weighted by Crippen LogP contribution is -2.56. The maximum absolute atomic E-state index is 14.8. The van der Waals surface area contributed by atoms with Gasteiger partial charge in [0.15, 0.2) is 0 Å². The molecule has 44 heavy (non-hydrogen) atoms. The number of hydrogen-bond donors (Lipinski definition) is 1. The van der Waals surface area contributed by atoms with E-state index < -0.39 is 29.6 Å². The maximum atomic E-state index is 14.8. The number of nitrogens with zero attached hydrogens (tertiary/aromatic N) is 3. The highest BCUT2D eigenvalue weighted by Gasteiger charge is 2.74. The van der Waals surface area contributed by atoms with Crippen LogP contribution in [-0.2, 0) is 25.7 Å². The minimum absolute atomic E-state index is 0.0739. The lowest BCUT2D eigenvalue weighted by atomic mass is 9.70. The molecule has 2 aromatic carbocycles. The number of ether oxygens (including phenoxy) is 1. The van der Waals surface area contributed by atoms with E-state index >= 15 is 0 Å². The van der Waals surface area contributed by atoms with Crippen molar-refractivity contribution in [3.63, 3.8) is 0 Å². The second-order valence-electron chi connectivity index (χ2n) is 12.4. The van der Waals surface area contributed by atoms with Gasteiger partial charge < -0.3 is 24.5 Å².